The second kappa shape index (κ2) is 9.48. The van der Waals surface area contributed by atoms with Crippen molar-refractivity contribution in [2.24, 2.45) is 0 Å². The summed E-state index contributed by atoms with van der Waals surface area (Å²) in [6.07, 6.45) is 0.335. The van der Waals surface area contributed by atoms with Crippen LogP contribution in [0.2, 0.25) is 0 Å². The van der Waals surface area contributed by atoms with Crippen LogP contribution >= 0.6 is 0 Å². The average molecular weight is 466 g/mol. The van der Waals surface area contributed by atoms with Gasteiger partial charge in [0.25, 0.3) is 17.5 Å². The third kappa shape index (κ3) is 4.29. The fourth-order valence-electron chi connectivity index (χ4n) is 4.43. The molecule has 11 heteroatoms. The first-order valence-electron chi connectivity index (χ1n) is 11.1. The minimum Gasteiger partial charge on any atom is -0.363 e. The van der Waals surface area contributed by atoms with E-state index >= 15 is 0 Å². The topological polar surface area (TPSA) is 128 Å². The van der Waals surface area contributed by atoms with E-state index in [2.05, 4.69) is 10.7 Å². The van der Waals surface area contributed by atoms with Gasteiger partial charge in [-0.25, -0.2) is 4.79 Å². The molecule has 2 fully saturated rings. The summed E-state index contributed by atoms with van der Waals surface area (Å²) in [5.41, 5.74) is 2.47. The van der Waals surface area contributed by atoms with Gasteiger partial charge in [0.2, 0.25) is 0 Å². The molecule has 11 nitrogen and oxygen atoms in total. The zero-order valence-corrected chi connectivity index (χ0v) is 18.8. The number of anilines is 1. The summed E-state index contributed by atoms with van der Waals surface area (Å²) in [5, 5.41) is 14.8. The van der Waals surface area contributed by atoms with Gasteiger partial charge in [-0.2, -0.15) is 5.01 Å². The molecule has 34 heavy (non-hydrogen) atoms. The fraction of sp³-hybridized carbons (Fsp3) is 0.348. The highest BCUT2D eigenvalue weighted by Gasteiger charge is 2.52. The molecule has 0 radical (unpaired) electrons. The van der Waals surface area contributed by atoms with Crippen LogP contribution in [-0.2, 0) is 15.1 Å². The van der Waals surface area contributed by atoms with E-state index in [0.717, 1.165) is 5.01 Å². The van der Waals surface area contributed by atoms with Crippen LogP contribution in [0.5, 0.6) is 0 Å². The molecule has 178 valence electrons. The molecule has 1 unspecified atom stereocenters. The molecule has 2 aliphatic rings. The third-order valence-electron chi connectivity index (χ3n) is 6.28. The zero-order chi connectivity index (χ0) is 24.3. The van der Waals surface area contributed by atoms with E-state index in [0.29, 0.717) is 43.9 Å². The summed E-state index contributed by atoms with van der Waals surface area (Å²) < 4.78 is 0. The Bertz CT molecular complexity index is 1100. The highest BCUT2D eigenvalue weighted by molar-refractivity contribution is 6.08. The highest BCUT2D eigenvalue weighted by Crippen LogP contribution is 2.31. The number of hydrogen-bond donors (Lipinski definition) is 2. The predicted octanol–water partition coefficient (Wildman–Crippen LogP) is 1.61. The lowest BCUT2D eigenvalue weighted by atomic mass is 9.87. The maximum absolute atomic E-state index is 13.1. The van der Waals surface area contributed by atoms with Gasteiger partial charge in [-0.05, 0) is 18.1 Å². The summed E-state index contributed by atoms with van der Waals surface area (Å²) >= 11 is 0. The molecule has 4 amide bonds. The van der Waals surface area contributed by atoms with Crippen LogP contribution in [0.25, 0.3) is 0 Å². The Morgan fingerprint density at radius 2 is 1.71 bits per heavy atom. The normalized spacial score (nSPS) is 20.9. The Hall–Kier alpha value is -3.99. The second-order valence-electron chi connectivity index (χ2n) is 8.24. The average Bonchev–Trinajstić information content (AvgIpc) is 3.10. The minimum atomic E-state index is -1.22. The van der Waals surface area contributed by atoms with Crippen molar-refractivity contribution in [1.82, 2.24) is 20.7 Å². The van der Waals surface area contributed by atoms with Crippen molar-refractivity contribution in [3.05, 3.63) is 70.3 Å². The summed E-state index contributed by atoms with van der Waals surface area (Å²) in [6.45, 7) is 3.81. The Morgan fingerprint density at radius 1 is 1.06 bits per heavy atom. The first-order chi connectivity index (χ1) is 16.4. The number of hydrazine groups is 1. The second-order valence-corrected chi connectivity index (χ2v) is 8.24. The van der Waals surface area contributed by atoms with Gasteiger partial charge in [0.05, 0.1) is 11.5 Å². The number of nitrogens with one attached hydrogen (secondary N) is 2. The molecule has 2 aromatic rings. The number of rotatable bonds is 7. The molecular weight excluding hydrogens is 440 g/mol. The number of nitrogens with zero attached hydrogens (tertiary/aromatic N) is 4. The number of nitro groups is 1. The van der Waals surface area contributed by atoms with Crippen molar-refractivity contribution in [3.63, 3.8) is 0 Å². The van der Waals surface area contributed by atoms with Crippen LogP contribution < -0.4 is 15.6 Å². The molecule has 1 atom stereocenters. The van der Waals surface area contributed by atoms with Gasteiger partial charge >= 0.3 is 6.03 Å². The fourth-order valence-corrected chi connectivity index (χ4v) is 4.43. The molecule has 0 spiro atoms. The van der Waals surface area contributed by atoms with Crippen LogP contribution in [-0.4, -0.2) is 65.4 Å². The van der Waals surface area contributed by atoms with Crippen LogP contribution in [0.4, 0.5) is 16.2 Å². The van der Waals surface area contributed by atoms with E-state index in [1.165, 1.54) is 6.07 Å². The number of benzene rings is 2. The lowest BCUT2D eigenvalue weighted by molar-refractivity contribution is -0.384. The van der Waals surface area contributed by atoms with Crippen molar-refractivity contribution in [2.75, 3.05) is 37.6 Å². The van der Waals surface area contributed by atoms with Crippen LogP contribution in [0.15, 0.2) is 54.6 Å². The van der Waals surface area contributed by atoms with Crippen molar-refractivity contribution < 1.29 is 19.3 Å². The summed E-state index contributed by atoms with van der Waals surface area (Å²) in [4.78, 5) is 53.0. The number of urea groups is 1. The van der Waals surface area contributed by atoms with Gasteiger partial charge in [-0.1, -0.05) is 49.4 Å². The molecule has 2 N–H and O–H groups in total. The molecule has 0 aromatic heterocycles. The third-order valence-corrected chi connectivity index (χ3v) is 6.28. The van der Waals surface area contributed by atoms with Gasteiger partial charge in [-0.3, -0.25) is 30.0 Å². The van der Waals surface area contributed by atoms with Gasteiger partial charge in [0, 0.05) is 32.2 Å². The molecule has 4 rings (SSSR count). The lowest BCUT2D eigenvalue weighted by Gasteiger charge is -2.35. The largest absolute Gasteiger partial charge is 0.363 e. The smallest absolute Gasteiger partial charge is 0.344 e. The Kier molecular flexibility index (Phi) is 6.46. The van der Waals surface area contributed by atoms with E-state index in [9.17, 15) is 24.5 Å². The Labute approximate surface area is 196 Å². The van der Waals surface area contributed by atoms with Gasteiger partial charge in [0.15, 0.2) is 0 Å². The lowest BCUT2D eigenvalue weighted by Crippen LogP contribution is -2.54. The molecule has 0 aliphatic carbocycles. The standard InChI is InChI=1S/C23H26N6O5/c1-2-23(17-8-4-3-5-9-17)21(31)28(22(32)24-23)25-20(30)16-26-12-14-27(15-13-26)18-10-6-7-11-19(18)29(33)34/h3-11H,2,12-16H2,1H3,(H,24,32)(H,25,30). The van der Waals surface area contributed by atoms with Crippen LogP contribution in [0.3, 0.4) is 0 Å². The number of amides is 4. The first-order valence-corrected chi connectivity index (χ1v) is 11.1. The van der Waals surface area contributed by atoms with Gasteiger partial charge in [0.1, 0.15) is 11.2 Å². The predicted molar refractivity (Wildman–Crippen MR) is 124 cm³/mol. The molecule has 0 saturated carbocycles. The van der Waals surface area contributed by atoms with E-state index < -0.39 is 28.3 Å². The molecule has 2 aliphatic heterocycles. The number of piperazine rings is 1. The van der Waals surface area contributed by atoms with Crippen LogP contribution in [0, 0.1) is 10.1 Å². The van der Waals surface area contributed by atoms with E-state index in [4.69, 9.17) is 0 Å². The zero-order valence-electron chi connectivity index (χ0n) is 18.8. The number of carbonyl (C=O) groups is 3. The van der Waals surface area contributed by atoms with Crippen molar-refractivity contribution >= 4 is 29.2 Å². The van der Waals surface area contributed by atoms with Crippen molar-refractivity contribution in [2.45, 2.75) is 18.9 Å². The van der Waals surface area contributed by atoms with Gasteiger partial charge < -0.3 is 10.2 Å². The number of nitro benzene ring substituents is 1. The van der Waals surface area contributed by atoms with Crippen molar-refractivity contribution in [3.8, 4) is 0 Å². The number of hydrogen-bond acceptors (Lipinski definition) is 7. The van der Waals surface area contributed by atoms with Gasteiger partial charge in [-0.15, -0.1) is 0 Å². The first kappa shape index (κ1) is 23.2. The number of para-hydroxylation sites is 2. The minimum absolute atomic E-state index is 0.00769. The maximum Gasteiger partial charge on any atom is 0.344 e. The van der Waals surface area contributed by atoms with E-state index in [1.807, 2.05) is 15.9 Å². The number of imide groups is 1. The molecule has 2 saturated heterocycles. The molecule has 2 heterocycles. The van der Waals surface area contributed by atoms with E-state index in [1.54, 1.807) is 49.4 Å². The monoisotopic (exact) mass is 466 g/mol. The molecule has 2 aromatic carbocycles. The summed E-state index contributed by atoms with van der Waals surface area (Å²) in [7, 11) is 0. The summed E-state index contributed by atoms with van der Waals surface area (Å²) in [5.74, 6) is -1.01. The Morgan fingerprint density at radius 3 is 2.35 bits per heavy atom. The maximum atomic E-state index is 13.1. The quantitative estimate of drug-likeness (QED) is 0.360. The summed E-state index contributed by atoms with van der Waals surface area (Å²) in [6, 6.07) is 14.8. The molecular formula is C23H26N6O5. The van der Waals surface area contributed by atoms with E-state index in [-0.39, 0.29) is 12.2 Å². The molecule has 0 bridgehead atoms. The van der Waals surface area contributed by atoms with Crippen molar-refractivity contribution in [1.29, 1.82) is 0 Å². The Balaban J connectivity index is 1.36. The number of carbonyl (C=O) groups excluding carboxylic acids is 3. The highest BCUT2D eigenvalue weighted by atomic mass is 16.6. The van der Waals surface area contributed by atoms with Crippen LogP contribution in [0.1, 0.15) is 18.9 Å². The SMILES string of the molecule is CCC1(c2ccccc2)NC(=O)N(NC(=O)CN2CCN(c3ccccc3[N+](=O)[O-])CC2)C1=O.